The Morgan fingerprint density at radius 1 is 1.08 bits per heavy atom. The second-order valence-electron chi connectivity index (χ2n) is 5.82. The predicted octanol–water partition coefficient (Wildman–Crippen LogP) is 5.30. The molecule has 4 nitrogen and oxygen atoms in total. The van der Waals surface area contributed by atoms with Gasteiger partial charge in [-0.25, -0.2) is 13.4 Å². The van der Waals surface area contributed by atoms with Gasteiger partial charge in [-0.2, -0.15) is 0 Å². The van der Waals surface area contributed by atoms with Crippen molar-refractivity contribution in [2.75, 3.05) is 4.72 Å². The Hall–Kier alpha value is -1.70. The third kappa shape index (κ3) is 3.94. The molecule has 0 saturated carbocycles. The SMILES string of the molecule is Cc1ccc(NS(=O)(=O)c2cc(-c3csc(C)n3)ccc2C)c(Br)c1. The molecule has 0 aliphatic carbocycles. The molecule has 1 N–H and O–H groups in total. The monoisotopic (exact) mass is 436 g/mol. The Bertz CT molecular complexity index is 1040. The lowest BCUT2D eigenvalue weighted by Gasteiger charge is -2.13. The minimum absolute atomic E-state index is 0.253. The molecule has 2 aromatic carbocycles. The molecule has 25 heavy (non-hydrogen) atoms. The average Bonchev–Trinajstić information content (AvgIpc) is 2.97. The van der Waals surface area contributed by atoms with E-state index in [9.17, 15) is 8.42 Å². The minimum atomic E-state index is -3.71. The van der Waals surface area contributed by atoms with E-state index in [4.69, 9.17) is 0 Å². The number of sulfonamides is 1. The summed E-state index contributed by atoms with van der Waals surface area (Å²) in [6, 6.07) is 10.9. The summed E-state index contributed by atoms with van der Waals surface area (Å²) in [6.45, 7) is 5.66. The highest BCUT2D eigenvalue weighted by Crippen LogP contribution is 2.30. The van der Waals surface area contributed by atoms with Crippen LogP contribution < -0.4 is 4.72 Å². The molecule has 3 aromatic rings. The lowest BCUT2D eigenvalue weighted by Crippen LogP contribution is -2.14. The predicted molar refractivity (Wildman–Crippen MR) is 107 cm³/mol. The average molecular weight is 437 g/mol. The fraction of sp³-hybridized carbons (Fsp3) is 0.167. The summed E-state index contributed by atoms with van der Waals surface area (Å²) in [5.74, 6) is 0. The number of aryl methyl sites for hydroxylation is 3. The van der Waals surface area contributed by atoms with Gasteiger partial charge in [0.05, 0.1) is 21.3 Å². The van der Waals surface area contributed by atoms with Crippen molar-refractivity contribution in [3.8, 4) is 11.3 Å². The minimum Gasteiger partial charge on any atom is -0.278 e. The van der Waals surface area contributed by atoms with Crippen molar-refractivity contribution in [2.45, 2.75) is 25.7 Å². The Kier molecular flexibility index (Phi) is 4.99. The summed E-state index contributed by atoms with van der Waals surface area (Å²) in [7, 11) is -3.71. The van der Waals surface area contributed by atoms with Crippen LogP contribution in [0.4, 0.5) is 5.69 Å². The van der Waals surface area contributed by atoms with E-state index in [-0.39, 0.29) is 4.90 Å². The Morgan fingerprint density at radius 2 is 1.84 bits per heavy atom. The van der Waals surface area contributed by atoms with E-state index in [2.05, 4.69) is 25.6 Å². The van der Waals surface area contributed by atoms with E-state index in [0.717, 1.165) is 21.8 Å². The molecule has 1 aromatic heterocycles. The summed E-state index contributed by atoms with van der Waals surface area (Å²) in [4.78, 5) is 4.69. The third-order valence-corrected chi connectivity index (χ3v) is 6.70. The number of anilines is 1. The topological polar surface area (TPSA) is 59.1 Å². The van der Waals surface area contributed by atoms with Gasteiger partial charge in [0.25, 0.3) is 10.0 Å². The molecule has 0 fully saturated rings. The number of nitrogens with zero attached hydrogens (tertiary/aromatic N) is 1. The molecule has 0 saturated heterocycles. The summed E-state index contributed by atoms with van der Waals surface area (Å²) < 4.78 is 29.2. The van der Waals surface area contributed by atoms with Gasteiger partial charge in [-0.1, -0.05) is 18.2 Å². The Morgan fingerprint density at radius 3 is 2.48 bits per heavy atom. The fourth-order valence-electron chi connectivity index (χ4n) is 2.45. The van der Waals surface area contributed by atoms with Gasteiger partial charge in [0.15, 0.2) is 0 Å². The van der Waals surface area contributed by atoms with Crippen molar-refractivity contribution in [1.82, 2.24) is 4.98 Å². The normalized spacial score (nSPS) is 11.5. The number of hydrogen-bond donors (Lipinski definition) is 1. The lowest BCUT2D eigenvalue weighted by molar-refractivity contribution is 0.600. The molecule has 3 rings (SSSR count). The van der Waals surface area contributed by atoms with Crippen LogP contribution in [0.1, 0.15) is 16.1 Å². The summed E-state index contributed by atoms with van der Waals surface area (Å²) in [6.07, 6.45) is 0. The van der Waals surface area contributed by atoms with Crippen LogP contribution in [-0.2, 0) is 10.0 Å². The van der Waals surface area contributed by atoms with Crippen molar-refractivity contribution >= 4 is 43.0 Å². The van der Waals surface area contributed by atoms with Crippen LogP contribution in [0.5, 0.6) is 0 Å². The maximum atomic E-state index is 12.9. The molecule has 0 spiro atoms. The smallest absolute Gasteiger partial charge is 0.262 e. The van der Waals surface area contributed by atoms with E-state index in [1.54, 1.807) is 30.4 Å². The second kappa shape index (κ2) is 6.90. The Labute approximate surface area is 160 Å². The van der Waals surface area contributed by atoms with Crippen LogP contribution in [0, 0.1) is 20.8 Å². The van der Waals surface area contributed by atoms with Gasteiger partial charge in [-0.05, 0) is 66.0 Å². The summed E-state index contributed by atoms with van der Waals surface area (Å²) >= 11 is 4.95. The molecule has 0 unspecified atom stereocenters. The fourth-order valence-corrected chi connectivity index (χ4v) is 5.14. The van der Waals surface area contributed by atoms with Gasteiger partial charge in [-0.15, -0.1) is 11.3 Å². The molecule has 0 radical (unpaired) electrons. The number of benzene rings is 2. The van der Waals surface area contributed by atoms with Crippen LogP contribution in [-0.4, -0.2) is 13.4 Å². The molecule has 0 atom stereocenters. The number of aromatic nitrogens is 1. The van der Waals surface area contributed by atoms with Crippen LogP contribution in [0.25, 0.3) is 11.3 Å². The number of nitrogens with one attached hydrogen (secondary N) is 1. The van der Waals surface area contributed by atoms with Crippen molar-refractivity contribution < 1.29 is 8.42 Å². The number of thiazole rings is 1. The first-order valence-corrected chi connectivity index (χ1v) is 10.7. The van der Waals surface area contributed by atoms with E-state index in [0.29, 0.717) is 15.7 Å². The lowest BCUT2D eigenvalue weighted by atomic mass is 10.1. The van der Waals surface area contributed by atoms with Crippen LogP contribution in [0.15, 0.2) is 51.1 Å². The molecule has 130 valence electrons. The molecule has 0 bridgehead atoms. The highest BCUT2D eigenvalue weighted by atomic mass is 79.9. The first kappa shape index (κ1) is 18.1. The summed E-state index contributed by atoms with van der Waals surface area (Å²) in [5, 5.41) is 2.88. The van der Waals surface area contributed by atoms with Crippen LogP contribution in [0.2, 0.25) is 0 Å². The zero-order valence-corrected chi connectivity index (χ0v) is 17.2. The van der Waals surface area contributed by atoms with Crippen LogP contribution in [0.3, 0.4) is 0 Å². The summed E-state index contributed by atoms with van der Waals surface area (Å²) in [5.41, 5.74) is 3.83. The molecule has 1 heterocycles. The molecular formula is C18H17BrN2O2S2. The Balaban J connectivity index is 2.01. The molecule has 7 heteroatoms. The molecule has 0 aliphatic rings. The second-order valence-corrected chi connectivity index (χ2v) is 9.39. The van der Waals surface area contributed by atoms with Crippen LogP contribution >= 0.6 is 27.3 Å². The molecule has 0 amide bonds. The van der Waals surface area contributed by atoms with Crippen molar-refractivity contribution in [2.24, 2.45) is 0 Å². The van der Waals surface area contributed by atoms with E-state index in [1.807, 2.05) is 43.5 Å². The number of halogens is 1. The van der Waals surface area contributed by atoms with Gasteiger partial charge in [0, 0.05) is 15.4 Å². The third-order valence-electron chi connectivity index (χ3n) is 3.76. The zero-order valence-electron chi connectivity index (χ0n) is 14.0. The van der Waals surface area contributed by atoms with Gasteiger partial charge < -0.3 is 0 Å². The quantitative estimate of drug-likeness (QED) is 0.603. The van der Waals surface area contributed by atoms with Gasteiger partial charge >= 0.3 is 0 Å². The van der Waals surface area contributed by atoms with Crippen molar-refractivity contribution in [3.05, 3.63) is 62.4 Å². The highest BCUT2D eigenvalue weighted by Gasteiger charge is 2.19. The largest absolute Gasteiger partial charge is 0.278 e. The van der Waals surface area contributed by atoms with E-state index in [1.165, 1.54) is 0 Å². The number of hydrogen-bond acceptors (Lipinski definition) is 4. The van der Waals surface area contributed by atoms with Gasteiger partial charge in [0.2, 0.25) is 0 Å². The highest BCUT2D eigenvalue weighted by molar-refractivity contribution is 9.10. The van der Waals surface area contributed by atoms with E-state index >= 15 is 0 Å². The van der Waals surface area contributed by atoms with Gasteiger partial charge in [0.1, 0.15) is 0 Å². The van der Waals surface area contributed by atoms with Crippen molar-refractivity contribution in [1.29, 1.82) is 0 Å². The van der Waals surface area contributed by atoms with E-state index < -0.39 is 10.0 Å². The standard InChI is InChI=1S/C18H17BrN2O2S2/c1-11-4-7-16(15(19)8-11)21-25(22,23)18-9-14(6-5-12(18)2)17-10-24-13(3)20-17/h4-10,21H,1-3H3. The maximum absolute atomic E-state index is 12.9. The molecule has 0 aliphatic heterocycles. The molecular weight excluding hydrogens is 420 g/mol. The first-order valence-electron chi connectivity index (χ1n) is 7.58. The van der Waals surface area contributed by atoms with Crippen molar-refractivity contribution in [3.63, 3.8) is 0 Å². The number of rotatable bonds is 4. The first-order chi connectivity index (χ1) is 11.8. The van der Waals surface area contributed by atoms with Gasteiger partial charge in [-0.3, -0.25) is 4.72 Å². The maximum Gasteiger partial charge on any atom is 0.262 e. The zero-order chi connectivity index (χ0) is 18.2.